The Morgan fingerprint density at radius 3 is 2.57 bits per heavy atom. The van der Waals surface area contributed by atoms with Gasteiger partial charge in [0.25, 0.3) is 0 Å². The average molecular weight is 406 g/mol. The number of carbonyl (C=O) groups excluding carboxylic acids is 1. The van der Waals surface area contributed by atoms with E-state index in [9.17, 15) is 14.0 Å². The molecule has 148 valence electrons. The van der Waals surface area contributed by atoms with Crippen LogP contribution in [0.15, 0.2) is 30.5 Å². The van der Waals surface area contributed by atoms with Crippen LogP contribution >= 0.6 is 12.2 Å². The molecule has 0 saturated carbocycles. The molecule has 28 heavy (non-hydrogen) atoms. The van der Waals surface area contributed by atoms with Crippen molar-refractivity contribution in [3.63, 3.8) is 0 Å². The number of benzene rings is 1. The van der Waals surface area contributed by atoms with Crippen LogP contribution in [0.25, 0.3) is 0 Å². The van der Waals surface area contributed by atoms with E-state index in [-0.39, 0.29) is 29.7 Å². The molecule has 0 saturated heterocycles. The fourth-order valence-corrected chi connectivity index (χ4v) is 2.59. The van der Waals surface area contributed by atoms with Crippen molar-refractivity contribution < 1.29 is 23.8 Å². The minimum atomic E-state index is -1.05. The molecule has 2 aromatic rings. The first kappa shape index (κ1) is 21.2. The highest BCUT2D eigenvalue weighted by Crippen LogP contribution is 2.18. The summed E-state index contributed by atoms with van der Waals surface area (Å²) in [6.07, 6.45) is 1.05. The van der Waals surface area contributed by atoms with Gasteiger partial charge in [-0.3, -0.25) is 4.79 Å². The highest BCUT2D eigenvalue weighted by Gasteiger charge is 2.18. The largest absolute Gasteiger partial charge is 0.481 e. The Kier molecular flexibility index (Phi) is 7.33. The number of aliphatic carboxylic acids is 1. The van der Waals surface area contributed by atoms with Crippen molar-refractivity contribution in [3.05, 3.63) is 53.1 Å². The van der Waals surface area contributed by atoms with Crippen LogP contribution in [0.4, 0.5) is 10.3 Å². The molecule has 3 N–H and O–H groups in total. The van der Waals surface area contributed by atoms with Gasteiger partial charge in [-0.25, -0.2) is 19.2 Å². The summed E-state index contributed by atoms with van der Waals surface area (Å²) in [7, 11) is 0. The standard InChI is InChI=1S/C18H19FN4O4S/c1-3-27-16(26)13-9-20-17(21-10(13)2)23-18(28)22-14(8-15(24)25)11-4-6-12(19)7-5-11/h4-7,9,14H,3,8H2,1-2H3,(H,24,25)(H2,20,21,22,23,28). The van der Waals surface area contributed by atoms with Gasteiger partial charge < -0.3 is 20.5 Å². The van der Waals surface area contributed by atoms with Crippen molar-refractivity contribution in [3.8, 4) is 0 Å². The van der Waals surface area contributed by atoms with E-state index in [1.165, 1.54) is 30.5 Å². The third-order valence-electron chi connectivity index (χ3n) is 3.66. The molecule has 1 unspecified atom stereocenters. The summed E-state index contributed by atoms with van der Waals surface area (Å²) >= 11 is 5.20. The molecule has 1 aromatic carbocycles. The topological polar surface area (TPSA) is 113 Å². The lowest BCUT2D eigenvalue weighted by molar-refractivity contribution is -0.137. The predicted octanol–water partition coefficient (Wildman–Crippen LogP) is 2.60. The first-order valence-electron chi connectivity index (χ1n) is 8.35. The third kappa shape index (κ3) is 5.95. The number of aryl methyl sites for hydroxylation is 1. The van der Waals surface area contributed by atoms with Gasteiger partial charge in [0, 0.05) is 6.20 Å². The number of rotatable bonds is 7. The molecule has 0 aliphatic rings. The van der Waals surface area contributed by atoms with E-state index in [1.807, 2.05) is 0 Å². The molecular formula is C18H19FN4O4S. The Balaban J connectivity index is 2.09. The molecule has 2 rings (SSSR count). The van der Waals surface area contributed by atoms with Gasteiger partial charge in [-0.05, 0) is 43.8 Å². The zero-order valence-electron chi connectivity index (χ0n) is 15.2. The first-order valence-corrected chi connectivity index (χ1v) is 8.76. The quantitative estimate of drug-likeness (QED) is 0.471. The van der Waals surface area contributed by atoms with Crippen LogP contribution in [-0.2, 0) is 9.53 Å². The molecule has 0 spiro atoms. The summed E-state index contributed by atoms with van der Waals surface area (Å²) < 4.78 is 18.0. The number of carboxylic acid groups (broad SMARTS) is 1. The van der Waals surface area contributed by atoms with Gasteiger partial charge in [-0.1, -0.05) is 12.1 Å². The second kappa shape index (κ2) is 9.70. The Morgan fingerprint density at radius 1 is 1.32 bits per heavy atom. The number of aromatic nitrogens is 2. The molecule has 1 heterocycles. The van der Waals surface area contributed by atoms with Crippen molar-refractivity contribution >= 4 is 35.2 Å². The van der Waals surface area contributed by atoms with E-state index < -0.39 is 23.8 Å². The van der Waals surface area contributed by atoms with Crippen LogP contribution < -0.4 is 10.6 Å². The van der Waals surface area contributed by atoms with Crippen LogP contribution in [0.1, 0.15) is 41.0 Å². The Labute approximate surface area is 166 Å². The number of anilines is 1. The van der Waals surface area contributed by atoms with Gasteiger partial charge in [0.1, 0.15) is 5.82 Å². The number of nitrogens with zero attached hydrogens (tertiary/aromatic N) is 2. The molecule has 10 heteroatoms. The predicted molar refractivity (Wildman–Crippen MR) is 103 cm³/mol. The molecule has 0 aliphatic carbocycles. The summed E-state index contributed by atoms with van der Waals surface area (Å²) in [6.45, 7) is 3.56. The minimum absolute atomic E-state index is 0.0823. The van der Waals surface area contributed by atoms with Gasteiger partial charge in [-0.15, -0.1) is 0 Å². The second-order valence-electron chi connectivity index (χ2n) is 5.71. The maximum Gasteiger partial charge on any atom is 0.341 e. The summed E-state index contributed by atoms with van der Waals surface area (Å²) in [5, 5.41) is 14.8. The van der Waals surface area contributed by atoms with Crippen molar-refractivity contribution in [2.45, 2.75) is 26.3 Å². The molecule has 0 bridgehead atoms. The van der Waals surface area contributed by atoms with Gasteiger partial charge in [0.2, 0.25) is 5.95 Å². The number of carbonyl (C=O) groups is 2. The number of hydrogen-bond acceptors (Lipinski definition) is 6. The molecule has 1 aromatic heterocycles. The Bertz CT molecular complexity index is 876. The average Bonchev–Trinajstić information content (AvgIpc) is 2.61. The smallest absolute Gasteiger partial charge is 0.341 e. The number of ether oxygens (including phenoxy) is 1. The van der Waals surface area contributed by atoms with E-state index in [0.717, 1.165) is 0 Å². The minimum Gasteiger partial charge on any atom is -0.481 e. The van der Waals surface area contributed by atoms with Gasteiger partial charge in [0.15, 0.2) is 5.11 Å². The molecule has 1 atom stereocenters. The fraction of sp³-hybridized carbons (Fsp3) is 0.278. The highest BCUT2D eigenvalue weighted by molar-refractivity contribution is 7.80. The number of thiocarbonyl (C=S) groups is 1. The van der Waals surface area contributed by atoms with Gasteiger partial charge in [-0.2, -0.15) is 0 Å². The normalized spacial score (nSPS) is 11.4. The van der Waals surface area contributed by atoms with E-state index in [2.05, 4.69) is 20.6 Å². The molecule has 0 amide bonds. The molecule has 8 nitrogen and oxygen atoms in total. The van der Waals surface area contributed by atoms with Gasteiger partial charge >= 0.3 is 11.9 Å². The van der Waals surface area contributed by atoms with Crippen molar-refractivity contribution in [2.24, 2.45) is 0 Å². The third-order valence-corrected chi connectivity index (χ3v) is 3.88. The molecule has 0 fully saturated rings. The maximum atomic E-state index is 13.1. The summed E-state index contributed by atoms with van der Waals surface area (Å²) in [5.74, 6) is -1.86. The van der Waals surface area contributed by atoms with Crippen LogP contribution in [0, 0.1) is 12.7 Å². The SMILES string of the molecule is CCOC(=O)c1cnc(NC(=S)NC(CC(=O)O)c2ccc(F)cc2)nc1C. The number of hydrogen-bond donors (Lipinski definition) is 3. The zero-order chi connectivity index (χ0) is 20.7. The zero-order valence-corrected chi connectivity index (χ0v) is 16.0. The molecule has 0 aliphatic heterocycles. The van der Waals surface area contributed by atoms with Gasteiger partial charge in [0.05, 0.1) is 30.3 Å². The van der Waals surface area contributed by atoms with Crippen molar-refractivity contribution in [1.29, 1.82) is 0 Å². The number of carboxylic acids is 1. The van der Waals surface area contributed by atoms with Crippen molar-refractivity contribution in [1.82, 2.24) is 15.3 Å². The Morgan fingerprint density at radius 2 is 2.00 bits per heavy atom. The molecular weight excluding hydrogens is 387 g/mol. The van der Waals surface area contributed by atoms with E-state index >= 15 is 0 Å². The lowest BCUT2D eigenvalue weighted by Crippen LogP contribution is -2.34. The second-order valence-corrected chi connectivity index (χ2v) is 6.12. The summed E-state index contributed by atoms with van der Waals surface area (Å²) in [6, 6.07) is 4.75. The highest BCUT2D eigenvalue weighted by atomic mass is 32.1. The van der Waals surface area contributed by atoms with Crippen LogP contribution in [0.2, 0.25) is 0 Å². The monoisotopic (exact) mass is 406 g/mol. The van der Waals surface area contributed by atoms with Crippen LogP contribution in [0.3, 0.4) is 0 Å². The number of halogens is 1. The van der Waals surface area contributed by atoms with Crippen LogP contribution in [0.5, 0.6) is 0 Å². The van der Waals surface area contributed by atoms with Crippen LogP contribution in [-0.4, -0.2) is 38.7 Å². The fourth-order valence-electron chi connectivity index (χ4n) is 2.35. The van der Waals surface area contributed by atoms with Crippen molar-refractivity contribution in [2.75, 3.05) is 11.9 Å². The molecule has 0 radical (unpaired) electrons. The van der Waals surface area contributed by atoms with E-state index in [4.69, 9.17) is 22.1 Å². The lowest BCUT2D eigenvalue weighted by atomic mass is 10.0. The maximum absolute atomic E-state index is 13.1. The lowest BCUT2D eigenvalue weighted by Gasteiger charge is -2.19. The summed E-state index contributed by atoms with van der Waals surface area (Å²) in [5.41, 5.74) is 1.20. The van der Waals surface area contributed by atoms with E-state index in [0.29, 0.717) is 11.3 Å². The first-order chi connectivity index (χ1) is 13.3. The number of nitrogens with one attached hydrogen (secondary N) is 2. The number of esters is 1. The summed E-state index contributed by atoms with van der Waals surface area (Å²) in [4.78, 5) is 31.1. The Hall–Kier alpha value is -3.14. The van der Waals surface area contributed by atoms with E-state index in [1.54, 1.807) is 13.8 Å².